The van der Waals surface area contributed by atoms with Gasteiger partial charge in [-0.25, -0.2) is 14.7 Å². The number of rotatable bonds is 4. The molecule has 0 saturated heterocycles. The summed E-state index contributed by atoms with van der Waals surface area (Å²) in [6.07, 6.45) is 2.56. The van der Waals surface area contributed by atoms with E-state index in [0.717, 1.165) is 12.2 Å². The van der Waals surface area contributed by atoms with Gasteiger partial charge < -0.3 is 11.1 Å². The minimum absolute atomic E-state index is 0.0970. The molecule has 0 saturated carbocycles. The van der Waals surface area contributed by atoms with Crippen molar-refractivity contribution in [2.75, 3.05) is 0 Å². The molecule has 1 unspecified atom stereocenters. The number of nitrogens with two attached hydrogens (primary N) is 1. The third-order valence-electron chi connectivity index (χ3n) is 2.65. The molecule has 0 radical (unpaired) electrons. The van der Waals surface area contributed by atoms with Crippen molar-refractivity contribution < 1.29 is 0 Å². The van der Waals surface area contributed by atoms with Gasteiger partial charge in [-0.1, -0.05) is 6.92 Å². The summed E-state index contributed by atoms with van der Waals surface area (Å²) in [5, 5.41) is 7.34. The van der Waals surface area contributed by atoms with E-state index in [-0.39, 0.29) is 5.54 Å². The van der Waals surface area contributed by atoms with Gasteiger partial charge in [-0.2, -0.15) is 5.10 Å². The molecule has 0 fully saturated rings. The summed E-state index contributed by atoms with van der Waals surface area (Å²) < 4.78 is 1.87. The molecule has 0 aliphatic heterocycles. The van der Waals surface area contributed by atoms with E-state index in [4.69, 9.17) is 5.73 Å². The monoisotopic (exact) mass is 252 g/mol. The van der Waals surface area contributed by atoms with Gasteiger partial charge >= 0.3 is 0 Å². The second kappa shape index (κ2) is 5.84. The van der Waals surface area contributed by atoms with Gasteiger partial charge in [0.2, 0.25) is 0 Å². The van der Waals surface area contributed by atoms with E-state index >= 15 is 0 Å². The number of hydrogen-bond donors (Lipinski definition) is 2. The first-order valence-electron chi connectivity index (χ1n) is 6.30. The van der Waals surface area contributed by atoms with Crippen molar-refractivity contribution in [1.29, 1.82) is 0 Å². The van der Waals surface area contributed by atoms with E-state index in [9.17, 15) is 0 Å². The van der Waals surface area contributed by atoms with Gasteiger partial charge in [0.1, 0.15) is 18.7 Å². The first kappa shape index (κ1) is 14.5. The Bertz CT molecular complexity index is 401. The molecule has 102 valence electrons. The van der Waals surface area contributed by atoms with Crippen molar-refractivity contribution in [3.63, 3.8) is 0 Å². The minimum Gasteiger partial charge on any atom is -0.370 e. The number of aromatic nitrogens is 3. The molecule has 0 aliphatic carbocycles. The van der Waals surface area contributed by atoms with Gasteiger partial charge in [0.25, 0.3) is 0 Å². The highest BCUT2D eigenvalue weighted by atomic mass is 15.4. The van der Waals surface area contributed by atoms with Crippen LogP contribution in [0.25, 0.3) is 0 Å². The number of aliphatic imine (C=N–C) groups is 1. The SMILES string of the molecule is CCC(C)NC(N)=NCc1ncnn1C(C)(C)C. The maximum atomic E-state index is 5.81. The molecule has 6 nitrogen and oxygen atoms in total. The van der Waals surface area contributed by atoms with E-state index in [1.165, 1.54) is 0 Å². The second-order valence-corrected chi connectivity index (χ2v) is 5.41. The van der Waals surface area contributed by atoms with Gasteiger partial charge in [0.15, 0.2) is 5.96 Å². The smallest absolute Gasteiger partial charge is 0.189 e. The standard InChI is InChI=1S/C12H24N6/c1-6-9(2)17-11(13)14-7-10-15-8-16-18(10)12(3,4)5/h8-9H,6-7H2,1-5H3,(H3,13,14,17). The Morgan fingerprint density at radius 3 is 2.78 bits per heavy atom. The average molecular weight is 252 g/mol. The van der Waals surface area contributed by atoms with Gasteiger partial charge in [-0.15, -0.1) is 0 Å². The fourth-order valence-corrected chi connectivity index (χ4v) is 1.49. The van der Waals surface area contributed by atoms with Crippen LogP contribution in [-0.2, 0) is 12.1 Å². The molecule has 0 aliphatic rings. The summed E-state index contributed by atoms with van der Waals surface area (Å²) >= 11 is 0. The molecule has 3 N–H and O–H groups in total. The van der Waals surface area contributed by atoms with Crippen LogP contribution >= 0.6 is 0 Å². The first-order valence-corrected chi connectivity index (χ1v) is 6.30. The van der Waals surface area contributed by atoms with Crippen LogP contribution in [-0.4, -0.2) is 26.8 Å². The van der Waals surface area contributed by atoms with E-state index in [1.54, 1.807) is 6.33 Å². The fourth-order valence-electron chi connectivity index (χ4n) is 1.49. The Morgan fingerprint density at radius 2 is 2.22 bits per heavy atom. The van der Waals surface area contributed by atoms with Crippen LogP contribution in [0.1, 0.15) is 46.9 Å². The summed E-state index contributed by atoms with van der Waals surface area (Å²) in [5.74, 6) is 1.27. The molecule has 0 spiro atoms. The Morgan fingerprint density at radius 1 is 1.56 bits per heavy atom. The molecular weight excluding hydrogens is 228 g/mol. The number of guanidine groups is 1. The van der Waals surface area contributed by atoms with Crippen molar-refractivity contribution in [2.24, 2.45) is 10.7 Å². The Kier molecular flexibility index (Phi) is 4.69. The van der Waals surface area contributed by atoms with Crippen LogP contribution in [0, 0.1) is 0 Å². The quantitative estimate of drug-likeness (QED) is 0.624. The number of hydrogen-bond acceptors (Lipinski definition) is 3. The average Bonchev–Trinajstić information content (AvgIpc) is 2.74. The molecule has 6 heteroatoms. The molecule has 1 atom stereocenters. The Balaban J connectivity index is 2.69. The van der Waals surface area contributed by atoms with Crippen molar-refractivity contribution in [3.8, 4) is 0 Å². The van der Waals surface area contributed by atoms with Crippen LogP contribution in [0.4, 0.5) is 0 Å². The third-order valence-corrected chi connectivity index (χ3v) is 2.65. The van der Waals surface area contributed by atoms with Crippen LogP contribution in [0.2, 0.25) is 0 Å². The lowest BCUT2D eigenvalue weighted by Gasteiger charge is -2.20. The van der Waals surface area contributed by atoms with Gasteiger partial charge in [-0.3, -0.25) is 0 Å². The highest BCUT2D eigenvalue weighted by Gasteiger charge is 2.17. The molecule has 0 amide bonds. The van der Waals surface area contributed by atoms with E-state index in [2.05, 4.69) is 55.0 Å². The number of nitrogens with zero attached hydrogens (tertiary/aromatic N) is 4. The summed E-state index contributed by atoms with van der Waals surface area (Å²) in [4.78, 5) is 8.50. The van der Waals surface area contributed by atoms with Crippen molar-refractivity contribution in [3.05, 3.63) is 12.2 Å². The third kappa shape index (κ3) is 4.01. The Hall–Kier alpha value is -1.59. The van der Waals surface area contributed by atoms with Crippen LogP contribution < -0.4 is 11.1 Å². The van der Waals surface area contributed by atoms with Crippen LogP contribution in [0.15, 0.2) is 11.3 Å². The molecule has 1 heterocycles. The topological polar surface area (TPSA) is 81.1 Å². The summed E-state index contributed by atoms with van der Waals surface area (Å²) in [7, 11) is 0. The first-order chi connectivity index (χ1) is 8.34. The minimum atomic E-state index is -0.0970. The van der Waals surface area contributed by atoms with E-state index in [1.807, 2.05) is 4.68 Å². The normalized spacial score (nSPS) is 14.6. The van der Waals surface area contributed by atoms with Crippen molar-refractivity contribution in [1.82, 2.24) is 20.1 Å². The predicted octanol–water partition coefficient (Wildman–Crippen LogP) is 1.24. The lowest BCUT2D eigenvalue weighted by molar-refractivity contribution is 0.341. The molecule has 18 heavy (non-hydrogen) atoms. The fraction of sp³-hybridized carbons (Fsp3) is 0.750. The van der Waals surface area contributed by atoms with Crippen LogP contribution in [0.3, 0.4) is 0 Å². The highest BCUT2D eigenvalue weighted by Crippen LogP contribution is 2.14. The molecule has 1 aromatic heterocycles. The molecule has 0 aromatic carbocycles. The summed E-state index contributed by atoms with van der Waals surface area (Å²) in [5.41, 5.74) is 5.71. The van der Waals surface area contributed by atoms with E-state index < -0.39 is 0 Å². The molecule has 1 aromatic rings. The Labute approximate surface area is 109 Å². The van der Waals surface area contributed by atoms with E-state index in [0.29, 0.717) is 18.5 Å². The predicted molar refractivity (Wildman–Crippen MR) is 73.2 cm³/mol. The molecule has 0 bridgehead atoms. The second-order valence-electron chi connectivity index (χ2n) is 5.41. The molecule has 1 rings (SSSR count). The summed E-state index contributed by atoms with van der Waals surface area (Å²) in [6, 6.07) is 0.328. The zero-order chi connectivity index (χ0) is 13.8. The summed E-state index contributed by atoms with van der Waals surface area (Å²) in [6.45, 7) is 10.8. The highest BCUT2D eigenvalue weighted by molar-refractivity contribution is 5.78. The maximum absolute atomic E-state index is 5.81. The molecular formula is C12H24N6. The lowest BCUT2D eigenvalue weighted by atomic mass is 10.1. The van der Waals surface area contributed by atoms with Crippen molar-refractivity contribution in [2.45, 2.75) is 59.2 Å². The zero-order valence-electron chi connectivity index (χ0n) is 11.9. The van der Waals surface area contributed by atoms with Gasteiger partial charge in [-0.05, 0) is 34.1 Å². The van der Waals surface area contributed by atoms with Gasteiger partial charge in [0.05, 0.1) is 5.54 Å². The largest absolute Gasteiger partial charge is 0.370 e. The number of nitrogens with one attached hydrogen (secondary N) is 1. The van der Waals surface area contributed by atoms with Gasteiger partial charge in [0, 0.05) is 6.04 Å². The lowest BCUT2D eigenvalue weighted by Crippen LogP contribution is -2.38. The van der Waals surface area contributed by atoms with Crippen molar-refractivity contribution >= 4 is 5.96 Å². The zero-order valence-corrected chi connectivity index (χ0v) is 11.9. The van der Waals surface area contributed by atoms with Crippen LogP contribution in [0.5, 0.6) is 0 Å². The maximum Gasteiger partial charge on any atom is 0.189 e.